The summed E-state index contributed by atoms with van der Waals surface area (Å²) in [4.78, 5) is 12.6. The van der Waals surface area contributed by atoms with E-state index in [9.17, 15) is 15.3 Å². The van der Waals surface area contributed by atoms with Gasteiger partial charge in [0.15, 0.2) is 5.41 Å². The Morgan fingerprint density at radius 1 is 1.16 bits per heavy atom. The van der Waals surface area contributed by atoms with E-state index in [0.29, 0.717) is 5.92 Å². The second kappa shape index (κ2) is 4.07. The molecule has 0 aromatic rings. The average Bonchev–Trinajstić information content (AvgIpc) is 2.92. The van der Waals surface area contributed by atoms with Crippen molar-refractivity contribution in [3.63, 3.8) is 0 Å². The molecule has 0 aromatic heterocycles. The number of nitriles is 2. The van der Waals surface area contributed by atoms with Gasteiger partial charge in [-0.1, -0.05) is 40.5 Å². The van der Waals surface area contributed by atoms with Crippen molar-refractivity contribution < 1.29 is 4.79 Å². The summed E-state index contributed by atoms with van der Waals surface area (Å²) >= 11 is 0. The van der Waals surface area contributed by atoms with E-state index in [1.165, 1.54) is 0 Å². The molecule has 2 rings (SSSR count). The predicted molar refractivity (Wildman–Crippen MR) is 71.7 cm³/mol. The first kappa shape index (κ1) is 14.1. The monoisotopic (exact) mass is 258 g/mol. The molecule has 3 nitrogen and oxygen atoms in total. The molecule has 0 radical (unpaired) electrons. The summed E-state index contributed by atoms with van der Waals surface area (Å²) in [6.07, 6.45) is 3.75. The van der Waals surface area contributed by atoms with Gasteiger partial charge in [-0.25, -0.2) is 0 Å². The van der Waals surface area contributed by atoms with Gasteiger partial charge in [0.05, 0.1) is 18.1 Å². The minimum Gasteiger partial charge on any atom is -0.299 e. The van der Waals surface area contributed by atoms with E-state index in [2.05, 4.69) is 19.1 Å². The van der Waals surface area contributed by atoms with Crippen LogP contribution in [-0.4, -0.2) is 5.78 Å². The summed E-state index contributed by atoms with van der Waals surface area (Å²) < 4.78 is 0. The molecule has 1 unspecified atom stereocenters. The molecule has 1 spiro atoms. The Labute approximate surface area is 115 Å². The van der Waals surface area contributed by atoms with Crippen LogP contribution < -0.4 is 0 Å². The van der Waals surface area contributed by atoms with E-state index < -0.39 is 10.8 Å². The van der Waals surface area contributed by atoms with Gasteiger partial charge in [0.25, 0.3) is 0 Å². The van der Waals surface area contributed by atoms with Crippen molar-refractivity contribution in [2.45, 2.75) is 53.4 Å². The highest BCUT2D eigenvalue weighted by molar-refractivity contribution is 5.92. The minimum absolute atomic E-state index is 0.0881. The highest BCUT2D eigenvalue weighted by atomic mass is 16.1. The van der Waals surface area contributed by atoms with Crippen LogP contribution in [0.4, 0.5) is 0 Å². The molecule has 0 N–H and O–H groups in total. The lowest BCUT2D eigenvalue weighted by molar-refractivity contribution is -0.128. The first-order valence-corrected chi connectivity index (χ1v) is 7.12. The van der Waals surface area contributed by atoms with Crippen LogP contribution in [0.5, 0.6) is 0 Å². The number of ketones is 1. The van der Waals surface area contributed by atoms with Crippen molar-refractivity contribution in [2.24, 2.45) is 28.1 Å². The van der Waals surface area contributed by atoms with Crippen LogP contribution in [0.25, 0.3) is 0 Å². The molecule has 2 aliphatic rings. The van der Waals surface area contributed by atoms with Crippen molar-refractivity contribution in [2.75, 3.05) is 0 Å². The van der Waals surface area contributed by atoms with E-state index in [4.69, 9.17) is 0 Å². The van der Waals surface area contributed by atoms with E-state index in [0.717, 1.165) is 25.7 Å². The molecule has 3 heteroatoms. The van der Waals surface area contributed by atoms with Gasteiger partial charge in [-0.2, -0.15) is 10.5 Å². The quantitative estimate of drug-likeness (QED) is 0.723. The molecular formula is C16H22N2O. The van der Waals surface area contributed by atoms with Gasteiger partial charge < -0.3 is 0 Å². The smallest absolute Gasteiger partial charge is 0.160 e. The van der Waals surface area contributed by atoms with Gasteiger partial charge in [-0.15, -0.1) is 0 Å². The van der Waals surface area contributed by atoms with Gasteiger partial charge in [0, 0.05) is 10.8 Å². The molecule has 0 saturated heterocycles. The maximum absolute atomic E-state index is 12.6. The highest BCUT2D eigenvalue weighted by Gasteiger charge is 2.81. The number of Topliss-reactive ketones (excluding diaryl/α,β-unsaturated/α-hetero) is 1. The summed E-state index contributed by atoms with van der Waals surface area (Å²) in [6.45, 7) is 7.85. The number of carbonyl (C=O) groups is 1. The second-order valence-electron chi connectivity index (χ2n) is 7.42. The van der Waals surface area contributed by atoms with Crippen LogP contribution >= 0.6 is 0 Å². The molecule has 0 aliphatic heterocycles. The fourth-order valence-electron chi connectivity index (χ4n) is 3.81. The molecular weight excluding hydrogens is 236 g/mol. The number of carbonyl (C=O) groups excluding carboxylic acids is 1. The van der Waals surface area contributed by atoms with Crippen molar-refractivity contribution in [1.29, 1.82) is 10.5 Å². The van der Waals surface area contributed by atoms with Gasteiger partial charge >= 0.3 is 0 Å². The normalized spacial score (nSPS) is 36.3. The third-order valence-electron chi connectivity index (χ3n) is 5.21. The Bertz CT molecular complexity index is 464. The number of hydrogen-bond acceptors (Lipinski definition) is 3. The zero-order valence-electron chi connectivity index (χ0n) is 12.3. The SMILES string of the molecule is CC1CCC2(CC1)C(C(=O)C(C)(C)C)C2(C#N)C#N. The Hall–Kier alpha value is -1.35. The Morgan fingerprint density at radius 2 is 1.63 bits per heavy atom. The Morgan fingerprint density at radius 3 is 2.00 bits per heavy atom. The number of hydrogen-bond donors (Lipinski definition) is 0. The molecule has 0 bridgehead atoms. The maximum Gasteiger partial charge on any atom is 0.160 e. The maximum atomic E-state index is 12.6. The van der Waals surface area contributed by atoms with Crippen LogP contribution in [0.3, 0.4) is 0 Å². The highest BCUT2D eigenvalue weighted by Crippen LogP contribution is 2.75. The van der Waals surface area contributed by atoms with Crippen LogP contribution in [0, 0.1) is 50.7 Å². The summed E-state index contributed by atoms with van der Waals surface area (Å²) in [6, 6.07) is 4.40. The number of nitrogens with zero attached hydrogens (tertiary/aromatic N) is 2. The van der Waals surface area contributed by atoms with Gasteiger partial charge in [-0.3, -0.25) is 4.79 Å². The van der Waals surface area contributed by atoms with Crippen molar-refractivity contribution >= 4 is 5.78 Å². The second-order valence-corrected chi connectivity index (χ2v) is 7.42. The van der Waals surface area contributed by atoms with Crippen LogP contribution in [0.2, 0.25) is 0 Å². The Kier molecular flexibility index (Phi) is 3.01. The standard InChI is InChI=1S/C16H22N2O/c1-11-5-7-15(8-6-11)12(13(19)14(2,3)4)16(15,9-17)10-18/h11-12H,5-8H2,1-4H3. The summed E-state index contributed by atoms with van der Waals surface area (Å²) in [7, 11) is 0. The fraction of sp³-hybridized carbons (Fsp3) is 0.812. The third kappa shape index (κ3) is 1.71. The van der Waals surface area contributed by atoms with Crippen LogP contribution in [-0.2, 0) is 4.79 Å². The van der Waals surface area contributed by atoms with Crippen molar-refractivity contribution in [3.05, 3.63) is 0 Å². The molecule has 0 heterocycles. The molecule has 19 heavy (non-hydrogen) atoms. The van der Waals surface area contributed by atoms with Crippen LogP contribution in [0.15, 0.2) is 0 Å². The lowest BCUT2D eigenvalue weighted by Crippen LogP contribution is -2.26. The topological polar surface area (TPSA) is 64.7 Å². The van der Waals surface area contributed by atoms with E-state index in [1.54, 1.807) is 0 Å². The van der Waals surface area contributed by atoms with E-state index in [-0.39, 0.29) is 17.1 Å². The fourth-order valence-corrected chi connectivity index (χ4v) is 3.81. The summed E-state index contributed by atoms with van der Waals surface area (Å²) in [5, 5.41) is 19.0. The summed E-state index contributed by atoms with van der Waals surface area (Å²) in [5.74, 6) is 0.361. The zero-order valence-corrected chi connectivity index (χ0v) is 12.3. The largest absolute Gasteiger partial charge is 0.299 e. The van der Waals surface area contributed by atoms with E-state index in [1.807, 2.05) is 20.8 Å². The molecule has 2 fully saturated rings. The lowest BCUT2D eigenvalue weighted by Gasteiger charge is -2.28. The zero-order chi connectivity index (χ0) is 14.5. The summed E-state index contributed by atoms with van der Waals surface area (Å²) in [5.41, 5.74) is -1.89. The third-order valence-corrected chi connectivity index (χ3v) is 5.21. The molecule has 0 aromatic carbocycles. The van der Waals surface area contributed by atoms with E-state index >= 15 is 0 Å². The first-order valence-electron chi connectivity index (χ1n) is 7.12. The average molecular weight is 258 g/mol. The minimum atomic E-state index is -1.06. The van der Waals surface area contributed by atoms with Gasteiger partial charge in [-0.05, 0) is 18.8 Å². The van der Waals surface area contributed by atoms with Crippen molar-refractivity contribution in [1.82, 2.24) is 0 Å². The van der Waals surface area contributed by atoms with Gasteiger partial charge in [0.1, 0.15) is 5.78 Å². The van der Waals surface area contributed by atoms with Crippen LogP contribution in [0.1, 0.15) is 53.4 Å². The lowest BCUT2D eigenvalue weighted by atomic mass is 9.75. The molecule has 2 aliphatic carbocycles. The van der Waals surface area contributed by atoms with Crippen molar-refractivity contribution in [3.8, 4) is 12.1 Å². The Balaban J connectivity index is 2.37. The molecule has 1 atom stereocenters. The molecule has 2 saturated carbocycles. The number of rotatable bonds is 1. The first-order chi connectivity index (χ1) is 8.75. The molecule has 0 amide bonds. The van der Waals surface area contributed by atoms with Gasteiger partial charge in [0.2, 0.25) is 0 Å². The predicted octanol–water partition coefficient (Wildman–Crippen LogP) is 3.46. The molecule has 102 valence electrons.